The molecule has 2 N–H and O–H groups in total. The Morgan fingerprint density at radius 1 is 1.24 bits per heavy atom. The SMILES string of the molecule is CN(CCCc1ccccc1)CC(=O)NC(Cc1cnc[nH]1)C(=O)OC(C)(C)C. The van der Waals surface area contributed by atoms with Crippen molar-refractivity contribution in [2.45, 2.75) is 51.7 Å². The van der Waals surface area contributed by atoms with E-state index in [9.17, 15) is 9.59 Å². The van der Waals surface area contributed by atoms with Crippen molar-refractivity contribution in [2.24, 2.45) is 0 Å². The number of aromatic nitrogens is 2. The van der Waals surface area contributed by atoms with Gasteiger partial charge in [-0.1, -0.05) is 30.3 Å². The number of nitrogens with one attached hydrogen (secondary N) is 2. The second-order valence-electron chi connectivity index (χ2n) is 8.26. The van der Waals surface area contributed by atoms with Crippen molar-refractivity contribution >= 4 is 11.9 Å². The van der Waals surface area contributed by atoms with Crippen LogP contribution in [0.2, 0.25) is 0 Å². The number of nitrogens with zero attached hydrogens (tertiary/aromatic N) is 2. The van der Waals surface area contributed by atoms with Crippen molar-refractivity contribution in [1.29, 1.82) is 0 Å². The van der Waals surface area contributed by atoms with E-state index in [0.717, 1.165) is 25.1 Å². The summed E-state index contributed by atoms with van der Waals surface area (Å²) in [7, 11) is 1.90. The first-order chi connectivity index (χ1) is 13.7. The fourth-order valence-corrected chi connectivity index (χ4v) is 2.94. The molecule has 0 bridgehead atoms. The quantitative estimate of drug-likeness (QED) is 0.598. The maximum absolute atomic E-state index is 12.6. The van der Waals surface area contributed by atoms with Crippen molar-refractivity contribution in [3.63, 3.8) is 0 Å². The number of rotatable bonds is 10. The number of aromatic amines is 1. The Hall–Kier alpha value is -2.67. The number of amides is 1. The van der Waals surface area contributed by atoms with Crippen molar-refractivity contribution < 1.29 is 14.3 Å². The summed E-state index contributed by atoms with van der Waals surface area (Å²) in [5, 5.41) is 2.81. The summed E-state index contributed by atoms with van der Waals surface area (Å²) in [5.74, 6) is -0.658. The number of esters is 1. The van der Waals surface area contributed by atoms with E-state index >= 15 is 0 Å². The number of hydrogen-bond donors (Lipinski definition) is 2. The molecule has 0 aliphatic carbocycles. The van der Waals surface area contributed by atoms with Gasteiger partial charge in [-0.15, -0.1) is 0 Å². The fourth-order valence-electron chi connectivity index (χ4n) is 2.94. The molecule has 1 amide bonds. The van der Waals surface area contributed by atoms with E-state index in [0.29, 0.717) is 6.42 Å². The second kappa shape index (κ2) is 10.8. The molecule has 0 aliphatic heterocycles. The Morgan fingerprint density at radius 3 is 2.59 bits per heavy atom. The molecule has 2 aromatic rings. The molecule has 0 fully saturated rings. The van der Waals surface area contributed by atoms with Gasteiger partial charge in [0.1, 0.15) is 11.6 Å². The minimum absolute atomic E-state index is 0.206. The summed E-state index contributed by atoms with van der Waals surface area (Å²) in [4.78, 5) is 33.9. The maximum atomic E-state index is 12.6. The predicted octanol–water partition coefficient (Wildman–Crippen LogP) is 2.34. The number of carbonyl (C=O) groups excluding carboxylic acids is 2. The van der Waals surface area contributed by atoms with Gasteiger partial charge in [-0.2, -0.15) is 0 Å². The zero-order valence-electron chi connectivity index (χ0n) is 17.8. The van der Waals surface area contributed by atoms with Crippen LogP contribution < -0.4 is 5.32 Å². The number of H-pyrrole nitrogens is 1. The average molecular weight is 401 g/mol. The van der Waals surface area contributed by atoms with Gasteiger partial charge in [-0.3, -0.25) is 9.69 Å². The van der Waals surface area contributed by atoms with Crippen LogP contribution >= 0.6 is 0 Å². The largest absolute Gasteiger partial charge is 0.458 e. The Balaban J connectivity index is 1.84. The molecule has 0 saturated carbocycles. The van der Waals surface area contributed by atoms with Gasteiger partial charge in [0.05, 0.1) is 12.9 Å². The lowest BCUT2D eigenvalue weighted by Crippen LogP contribution is -2.48. The van der Waals surface area contributed by atoms with Gasteiger partial charge in [0.2, 0.25) is 5.91 Å². The topological polar surface area (TPSA) is 87.3 Å². The van der Waals surface area contributed by atoms with Crippen LogP contribution in [0.3, 0.4) is 0 Å². The molecule has 0 radical (unpaired) electrons. The van der Waals surface area contributed by atoms with E-state index < -0.39 is 17.6 Å². The van der Waals surface area contributed by atoms with E-state index in [-0.39, 0.29) is 12.5 Å². The normalized spacial score (nSPS) is 12.6. The molecular formula is C22H32N4O3. The molecule has 7 heteroatoms. The summed E-state index contributed by atoms with van der Waals surface area (Å²) in [6.45, 7) is 6.43. The van der Waals surface area contributed by atoms with Crippen LogP contribution in [0, 0.1) is 0 Å². The van der Waals surface area contributed by atoms with Crippen LogP contribution in [0.15, 0.2) is 42.9 Å². The Morgan fingerprint density at radius 2 is 1.97 bits per heavy atom. The van der Waals surface area contributed by atoms with Gasteiger partial charge in [-0.25, -0.2) is 9.78 Å². The van der Waals surface area contributed by atoms with Gasteiger partial charge in [0.25, 0.3) is 0 Å². The molecule has 0 saturated heterocycles. The summed E-state index contributed by atoms with van der Waals surface area (Å²) in [5.41, 5.74) is 1.43. The molecule has 29 heavy (non-hydrogen) atoms. The maximum Gasteiger partial charge on any atom is 0.329 e. The number of benzene rings is 1. The highest BCUT2D eigenvalue weighted by Gasteiger charge is 2.27. The van der Waals surface area contributed by atoms with E-state index in [2.05, 4.69) is 27.4 Å². The molecule has 158 valence electrons. The first-order valence-corrected chi connectivity index (χ1v) is 9.95. The first kappa shape index (κ1) is 22.6. The zero-order valence-corrected chi connectivity index (χ0v) is 17.8. The van der Waals surface area contributed by atoms with Crippen LogP contribution in [0.5, 0.6) is 0 Å². The third-order valence-corrected chi connectivity index (χ3v) is 4.27. The highest BCUT2D eigenvalue weighted by molar-refractivity contribution is 5.85. The Labute approximate surface area is 172 Å². The monoisotopic (exact) mass is 400 g/mol. The number of imidazole rings is 1. The smallest absolute Gasteiger partial charge is 0.329 e. The van der Waals surface area contributed by atoms with Gasteiger partial charge in [0, 0.05) is 18.3 Å². The van der Waals surface area contributed by atoms with Crippen LogP contribution in [0.1, 0.15) is 38.4 Å². The number of hydrogen-bond acceptors (Lipinski definition) is 5. The molecule has 1 aromatic heterocycles. The van der Waals surface area contributed by atoms with Crippen LogP contribution in [0.4, 0.5) is 0 Å². The first-order valence-electron chi connectivity index (χ1n) is 9.95. The van der Waals surface area contributed by atoms with Crippen molar-refractivity contribution in [3.8, 4) is 0 Å². The van der Waals surface area contributed by atoms with E-state index in [1.807, 2.05) is 30.1 Å². The van der Waals surface area contributed by atoms with E-state index in [1.54, 1.807) is 33.3 Å². The van der Waals surface area contributed by atoms with E-state index in [1.165, 1.54) is 5.56 Å². The number of ether oxygens (including phenoxy) is 1. The Kier molecular flexibility index (Phi) is 8.39. The fraction of sp³-hybridized carbons (Fsp3) is 0.500. The summed E-state index contributed by atoms with van der Waals surface area (Å²) >= 11 is 0. The number of likely N-dealkylation sites (N-methyl/N-ethyl adjacent to an activating group) is 1. The van der Waals surface area contributed by atoms with Gasteiger partial charge in [0.15, 0.2) is 0 Å². The minimum atomic E-state index is -0.764. The molecule has 1 aromatic carbocycles. The predicted molar refractivity (Wildman–Crippen MR) is 112 cm³/mol. The van der Waals surface area contributed by atoms with E-state index in [4.69, 9.17) is 4.74 Å². The summed E-state index contributed by atoms with van der Waals surface area (Å²) in [6, 6.07) is 9.51. The second-order valence-corrected chi connectivity index (χ2v) is 8.26. The molecule has 0 aliphatic rings. The lowest BCUT2D eigenvalue weighted by atomic mass is 10.1. The van der Waals surface area contributed by atoms with Crippen LogP contribution in [-0.2, 0) is 27.2 Å². The zero-order chi connectivity index (χ0) is 21.3. The van der Waals surface area contributed by atoms with Crippen LogP contribution in [-0.4, -0.2) is 58.5 Å². The molecular weight excluding hydrogens is 368 g/mol. The highest BCUT2D eigenvalue weighted by atomic mass is 16.6. The third-order valence-electron chi connectivity index (χ3n) is 4.27. The van der Waals surface area contributed by atoms with Crippen LogP contribution in [0.25, 0.3) is 0 Å². The molecule has 0 spiro atoms. The number of aryl methyl sites for hydroxylation is 1. The van der Waals surface area contributed by atoms with Crippen molar-refractivity contribution in [1.82, 2.24) is 20.2 Å². The molecule has 7 nitrogen and oxygen atoms in total. The lowest BCUT2D eigenvalue weighted by Gasteiger charge is -2.25. The Bertz CT molecular complexity index is 754. The molecule has 1 heterocycles. The van der Waals surface area contributed by atoms with Crippen molar-refractivity contribution in [3.05, 3.63) is 54.1 Å². The third kappa shape index (κ3) is 8.91. The average Bonchev–Trinajstić information content (AvgIpc) is 3.13. The van der Waals surface area contributed by atoms with Gasteiger partial charge in [-0.05, 0) is 52.8 Å². The lowest BCUT2D eigenvalue weighted by molar-refractivity contribution is -0.158. The van der Waals surface area contributed by atoms with Gasteiger partial charge < -0.3 is 15.0 Å². The molecule has 1 atom stereocenters. The van der Waals surface area contributed by atoms with Gasteiger partial charge >= 0.3 is 5.97 Å². The summed E-state index contributed by atoms with van der Waals surface area (Å²) in [6.07, 6.45) is 5.41. The number of carbonyl (C=O) groups is 2. The summed E-state index contributed by atoms with van der Waals surface area (Å²) < 4.78 is 5.47. The highest BCUT2D eigenvalue weighted by Crippen LogP contribution is 2.11. The van der Waals surface area contributed by atoms with Crippen molar-refractivity contribution in [2.75, 3.05) is 20.1 Å². The standard InChI is InChI=1S/C22H32N4O3/c1-22(2,3)29-21(28)19(13-18-14-23-16-24-18)25-20(27)15-26(4)12-8-11-17-9-6-5-7-10-17/h5-7,9-10,14,16,19H,8,11-13,15H2,1-4H3,(H,23,24)(H,25,27). The molecule has 2 rings (SSSR count). The molecule has 1 unspecified atom stereocenters. The minimum Gasteiger partial charge on any atom is -0.458 e.